The van der Waals surface area contributed by atoms with Gasteiger partial charge < -0.3 is 45.5 Å². The fourth-order valence-corrected chi connectivity index (χ4v) is 5.27. The van der Waals surface area contributed by atoms with E-state index in [0.717, 1.165) is 0 Å². The van der Waals surface area contributed by atoms with Gasteiger partial charge in [-0.3, -0.25) is 57.9 Å². The van der Waals surface area contributed by atoms with Gasteiger partial charge in [-0.05, 0) is 56.4 Å². The van der Waals surface area contributed by atoms with Crippen molar-refractivity contribution in [3.63, 3.8) is 0 Å². The van der Waals surface area contributed by atoms with Gasteiger partial charge in [-0.15, -0.1) is 0 Å². The third-order valence-corrected chi connectivity index (χ3v) is 8.73. The summed E-state index contributed by atoms with van der Waals surface area (Å²) in [7, 11) is 0. The molecule has 0 heterocycles. The molecule has 1 rings (SSSR count). The van der Waals surface area contributed by atoms with Crippen LogP contribution >= 0.6 is 27.7 Å². The van der Waals surface area contributed by atoms with Gasteiger partial charge in [0.25, 0.3) is 0 Å². The Kier molecular flexibility index (Phi) is 25.2. The first-order valence-corrected chi connectivity index (χ1v) is 19.6. The first-order valence-electron chi connectivity index (χ1n) is 17.8. The molecule has 0 bridgehead atoms. The summed E-state index contributed by atoms with van der Waals surface area (Å²) in [6.07, 6.45) is -1.68. The number of benzene rings is 1. The summed E-state index contributed by atoms with van der Waals surface area (Å²) in [6, 6.07) is 3.05. The van der Waals surface area contributed by atoms with Crippen molar-refractivity contribution in [2.45, 2.75) is 89.1 Å². The molecule has 0 saturated heterocycles. The molecule has 1 aromatic rings. The van der Waals surface area contributed by atoms with Crippen LogP contribution in [0.15, 0.2) is 28.7 Å². The summed E-state index contributed by atoms with van der Waals surface area (Å²) in [6.45, 7) is -1.81. The van der Waals surface area contributed by atoms with Crippen molar-refractivity contribution >= 4 is 98.2 Å². The number of esters is 6. The van der Waals surface area contributed by atoms with Gasteiger partial charge in [0, 0.05) is 42.3 Å². The number of carboxylic acids is 2. The molecule has 0 radical (unpaired) electrons. The van der Waals surface area contributed by atoms with Gasteiger partial charge in [0.1, 0.15) is 31.8 Å². The number of nitrogens with two attached hydrogens (primary N) is 1. The third kappa shape index (κ3) is 24.8. The molecule has 22 nitrogen and oxygen atoms in total. The Bertz CT molecular complexity index is 1660. The summed E-state index contributed by atoms with van der Waals surface area (Å²) in [5.74, 6) is -10.2. The van der Waals surface area contributed by atoms with Crippen LogP contribution in [0.2, 0.25) is 0 Å². The maximum atomic E-state index is 13.0. The van der Waals surface area contributed by atoms with Gasteiger partial charge in [0.15, 0.2) is 0 Å². The van der Waals surface area contributed by atoms with E-state index in [-0.39, 0.29) is 63.5 Å². The van der Waals surface area contributed by atoms with Crippen molar-refractivity contribution in [3.05, 3.63) is 28.7 Å². The van der Waals surface area contributed by atoms with Crippen LogP contribution < -0.4 is 21.4 Å². The number of unbranched alkanes of at least 4 members (excludes halogenated alkanes) is 2. The van der Waals surface area contributed by atoms with Gasteiger partial charge in [-0.2, -0.15) is 5.06 Å². The predicted octanol–water partition coefficient (Wildman–Crippen LogP) is 1.50. The lowest BCUT2D eigenvalue weighted by atomic mass is 10.1. The SMILES string of the molecule is NC(CCC(=O)NC(CSC(=O)N(O)c1ccc(Br)cc1)C(=O)NCC(=O)OCCC(=O)OC(=O)CCCCC(=O)O)C(=O)OCCC(=O)OC(=O)CCCCC(=O)O. The van der Waals surface area contributed by atoms with Crippen molar-refractivity contribution in [2.24, 2.45) is 5.73 Å². The number of rotatable bonds is 27. The molecule has 0 aliphatic heterocycles. The Hall–Kier alpha value is -5.46. The van der Waals surface area contributed by atoms with Crippen LogP contribution in [-0.2, 0) is 66.9 Å². The maximum Gasteiger partial charge on any atom is 0.325 e. The number of nitrogens with zero attached hydrogens (tertiary/aromatic N) is 1. The molecule has 0 aromatic heterocycles. The number of amides is 3. The van der Waals surface area contributed by atoms with E-state index in [2.05, 4.69) is 36.0 Å². The minimum Gasteiger partial charge on any atom is -0.481 e. The number of nitrogens with one attached hydrogen (secondary N) is 2. The molecular weight excluding hydrogens is 876 g/mol. The highest BCUT2D eigenvalue weighted by Crippen LogP contribution is 2.21. The van der Waals surface area contributed by atoms with E-state index in [0.29, 0.717) is 21.3 Å². The number of halogens is 1. The number of ether oxygens (including phenoxy) is 4. The van der Waals surface area contributed by atoms with Crippen molar-refractivity contribution in [1.82, 2.24) is 10.6 Å². The lowest BCUT2D eigenvalue weighted by Gasteiger charge is -2.20. The second-order valence-corrected chi connectivity index (χ2v) is 14.0. The minimum absolute atomic E-state index is 0.0821. The number of anilines is 1. The Balaban J connectivity index is 2.66. The first kappa shape index (κ1) is 51.6. The second kappa shape index (κ2) is 28.9. The minimum atomic E-state index is -1.51. The number of carbonyl (C=O) groups excluding carboxylic acids is 9. The largest absolute Gasteiger partial charge is 0.481 e. The number of hydrogen-bond donors (Lipinski definition) is 6. The Morgan fingerprint density at radius 1 is 0.695 bits per heavy atom. The van der Waals surface area contributed by atoms with E-state index in [4.69, 9.17) is 25.4 Å². The summed E-state index contributed by atoms with van der Waals surface area (Å²) in [4.78, 5) is 131. The molecule has 0 saturated carbocycles. The van der Waals surface area contributed by atoms with Gasteiger partial charge in [-0.25, -0.2) is 0 Å². The molecule has 24 heteroatoms. The molecule has 0 fully saturated rings. The van der Waals surface area contributed by atoms with Crippen molar-refractivity contribution in [3.8, 4) is 0 Å². The topological polar surface area (TPSA) is 339 Å². The van der Waals surface area contributed by atoms with E-state index < -0.39 is 122 Å². The zero-order valence-corrected chi connectivity index (χ0v) is 34.0. The Morgan fingerprint density at radius 2 is 1.19 bits per heavy atom. The lowest BCUT2D eigenvalue weighted by molar-refractivity contribution is -0.163. The van der Waals surface area contributed by atoms with Crippen LogP contribution in [0.3, 0.4) is 0 Å². The quantitative estimate of drug-likeness (QED) is 0.0182. The normalized spacial score (nSPS) is 11.5. The third-order valence-electron chi connectivity index (χ3n) is 7.28. The summed E-state index contributed by atoms with van der Waals surface area (Å²) in [5, 5.41) is 31.4. The molecule has 2 unspecified atom stereocenters. The Labute approximate surface area is 349 Å². The molecule has 2 atom stereocenters. The van der Waals surface area contributed by atoms with Gasteiger partial charge >= 0.3 is 53.0 Å². The van der Waals surface area contributed by atoms with E-state index in [1.54, 1.807) is 12.1 Å². The van der Waals surface area contributed by atoms with Gasteiger partial charge in [0.05, 0.1) is 18.5 Å². The smallest absolute Gasteiger partial charge is 0.325 e. The number of thioether (sulfide) groups is 1. The van der Waals surface area contributed by atoms with E-state index in [9.17, 15) is 57.9 Å². The molecule has 3 amide bonds. The fraction of sp³-hybridized carbons (Fsp3) is 0.514. The number of carboxylic acid groups (broad SMARTS) is 2. The predicted molar refractivity (Wildman–Crippen MR) is 204 cm³/mol. The Morgan fingerprint density at radius 3 is 1.71 bits per heavy atom. The van der Waals surface area contributed by atoms with Crippen LogP contribution in [0.5, 0.6) is 0 Å². The number of carbonyl (C=O) groups is 11. The number of hydrogen-bond acceptors (Lipinski definition) is 18. The van der Waals surface area contributed by atoms with E-state index >= 15 is 0 Å². The molecule has 326 valence electrons. The van der Waals surface area contributed by atoms with Crippen molar-refractivity contribution in [1.29, 1.82) is 0 Å². The molecule has 7 N–H and O–H groups in total. The zero-order valence-electron chi connectivity index (χ0n) is 31.6. The van der Waals surface area contributed by atoms with Crippen LogP contribution in [-0.4, -0.2) is 118 Å². The van der Waals surface area contributed by atoms with E-state index in [1.165, 1.54) is 12.1 Å². The van der Waals surface area contributed by atoms with Crippen molar-refractivity contribution < 1.29 is 87.1 Å². The van der Waals surface area contributed by atoms with E-state index in [1.807, 2.05) is 0 Å². The average molecular weight is 922 g/mol. The molecule has 0 aliphatic rings. The molecular formula is C35H45BrN4O18S. The molecule has 0 aliphatic carbocycles. The van der Waals surface area contributed by atoms with Crippen LogP contribution in [0.1, 0.15) is 77.0 Å². The highest BCUT2D eigenvalue weighted by molar-refractivity contribution is 9.10. The first-order chi connectivity index (χ1) is 27.9. The maximum absolute atomic E-state index is 13.0. The summed E-state index contributed by atoms with van der Waals surface area (Å²) >= 11 is 3.65. The summed E-state index contributed by atoms with van der Waals surface area (Å²) < 4.78 is 19.5. The lowest BCUT2D eigenvalue weighted by Crippen LogP contribution is -2.50. The monoisotopic (exact) mass is 920 g/mol. The highest BCUT2D eigenvalue weighted by Gasteiger charge is 2.26. The van der Waals surface area contributed by atoms with Crippen LogP contribution in [0.25, 0.3) is 0 Å². The second-order valence-electron chi connectivity index (χ2n) is 12.1. The van der Waals surface area contributed by atoms with Crippen LogP contribution in [0, 0.1) is 0 Å². The fourth-order valence-electron chi connectivity index (χ4n) is 4.23. The van der Waals surface area contributed by atoms with Gasteiger partial charge in [0.2, 0.25) is 11.8 Å². The number of hydroxylamine groups is 1. The molecule has 59 heavy (non-hydrogen) atoms. The molecule has 1 aromatic carbocycles. The van der Waals surface area contributed by atoms with Crippen LogP contribution in [0.4, 0.5) is 10.5 Å². The van der Waals surface area contributed by atoms with Crippen molar-refractivity contribution in [2.75, 3.05) is 30.6 Å². The average Bonchev–Trinajstić information content (AvgIpc) is 3.17. The standard InChI is InChI=1S/C35H45BrN4O18S/c36-21-9-11-22(12-10-21)40(54)35(53)59-20-24(33(51)38-19-32(50)55-17-15-30(48)57-28(46)7-3-1-5-26(42)43)39-25(41)14-13-23(37)34(52)56-18-16-31(49)58-29(47)8-4-2-6-27(44)45/h9-12,23-24,54H,1-8,13-20,37H2,(H,38,51)(H,39,41)(H,42,43)(H,44,45). The number of aliphatic carboxylic acids is 2. The summed E-state index contributed by atoms with van der Waals surface area (Å²) in [5.41, 5.74) is 5.87. The molecule has 0 spiro atoms. The highest BCUT2D eigenvalue weighted by atomic mass is 79.9. The van der Waals surface area contributed by atoms with Gasteiger partial charge in [-0.1, -0.05) is 27.7 Å². The zero-order chi connectivity index (χ0) is 44.3.